The van der Waals surface area contributed by atoms with E-state index in [0.29, 0.717) is 18.1 Å². The largest absolute Gasteiger partial charge is 0.503 e. The molecule has 1 aliphatic rings. The standard InChI is InChI=1S/C24H21FN4O2/c1-14-3-5-16(6-4-14)21(18-8-7-17(25)11-15(18)2)19-13-28-10-9-26-24(28)22-23(31)20(30)12-27-29(19)22/h3-12,19,21,31H,13H2,1-2H3/t19-,21+/m1/s1. The molecular weight excluding hydrogens is 395 g/mol. The van der Waals surface area contributed by atoms with Crippen LogP contribution in [0.25, 0.3) is 11.5 Å². The molecule has 0 saturated carbocycles. The Kier molecular flexibility index (Phi) is 4.46. The highest BCUT2D eigenvalue weighted by molar-refractivity contribution is 5.60. The molecule has 0 fully saturated rings. The lowest BCUT2D eigenvalue weighted by Crippen LogP contribution is -2.32. The number of hydrogen-bond acceptors (Lipinski definition) is 4. The summed E-state index contributed by atoms with van der Waals surface area (Å²) in [5, 5.41) is 15.0. The number of aromatic nitrogens is 4. The van der Waals surface area contributed by atoms with E-state index in [1.807, 2.05) is 36.7 Å². The predicted molar refractivity (Wildman–Crippen MR) is 115 cm³/mol. The predicted octanol–water partition coefficient (Wildman–Crippen LogP) is 3.96. The average molecular weight is 416 g/mol. The fourth-order valence-corrected chi connectivity index (χ4v) is 4.49. The molecule has 5 rings (SSSR count). The van der Waals surface area contributed by atoms with Gasteiger partial charge in [-0.25, -0.2) is 9.37 Å². The zero-order valence-electron chi connectivity index (χ0n) is 17.2. The normalized spacial score (nSPS) is 15.9. The van der Waals surface area contributed by atoms with Gasteiger partial charge in [-0.2, -0.15) is 5.10 Å². The summed E-state index contributed by atoms with van der Waals surface area (Å²) in [7, 11) is 0. The Morgan fingerprint density at radius 1 is 1.16 bits per heavy atom. The van der Waals surface area contributed by atoms with Crippen molar-refractivity contribution in [3.63, 3.8) is 0 Å². The molecule has 4 aromatic rings. The minimum absolute atomic E-state index is 0.190. The summed E-state index contributed by atoms with van der Waals surface area (Å²) in [6, 6.07) is 12.7. The van der Waals surface area contributed by atoms with Crippen molar-refractivity contribution in [2.75, 3.05) is 0 Å². The summed E-state index contributed by atoms with van der Waals surface area (Å²) in [6.45, 7) is 4.45. The van der Waals surface area contributed by atoms with Gasteiger partial charge < -0.3 is 9.67 Å². The fourth-order valence-electron chi connectivity index (χ4n) is 4.49. The zero-order valence-corrected chi connectivity index (χ0v) is 17.2. The monoisotopic (exact) mass is 416 g/mol. The van der Waals surface area contributed by atoms with Crippen molar-refractivity contribution in [2.24, 2.45) is 0 Å². The first kappa shape index (κ1) is 19.2. The molecule has 0 saturated heterocycles. The third-order valence-electron chi connectivity index (χ3n) is 6.00. The molecule has 7 heteroatoms. The van der Waals surface area contributed by atoms with Gasteiger partial charge in [-0.3, -0.25) is 9.48 Å². The molecule has 6 nitrogen and oxygen atoms in total. The Morgan fingerprint density at radius 2 is 1.94 bits per heavy atom. The lowest BCUT2D eigenvalue weighted by Gasteiger charge is -2.35. The van der Waals surface area contributed by atoms with Crippen LogP contribution in [0.1, 0.15) is 34.2 Å². The van der Waals surface area contributed by atoms with Crippen molar-refractivity contribution in [1.29, 1.82) is 0 Å². The summed E-state index contributed by atoms with van der Waals surface area (Å²) in [6.07, 6.45) is 4.60. The number of rotatable bonds is 3. The van der Waals surface area contributed by atoms with Gasteiger partial charge in [-0.15, -0.1) is 0 Å². The molecule has 3 heterocycles. The van der Waals surface area contributed by atoms with Crippen molar-refractivity contribution in [3.05, 3.63) is 99.3 Å². The van der Waals surface area contributed by atoms with E-state index in [0.717, 1.165) is 28.5 Å². The second-order valence-electron chi connectivity index (χ2n) is 8.01. The Bertz CT molecular complexity index is 1340. The maximum Gasteiger partial charge on any atom is 0.242 e. The number of benzene rings is 2. The number of halogens is 1. The van der Waals surface area contributed by atoms with Crippen LogP contribution in [0, 0.1) is 19.7 Å². The summed E-state index contributed by atoms with van der Waals surface area (Å²) in [5.74, 6) is -0.350. The van der Waals surface area contributed by atoms with E-state index in [2.05, 4.69) is 22.2 Å². The van der Waals surface area contributed by atoms with Gasteiger partial charge in [-0.05, 0) is 42.7 Å². The van der Waals surface area contributed by atoms with E-state index < -0.39 is 5.43 Å². The Morgan fingerprint density at radius 3 is 2.68 bits per heavy atom. The first-order chi connectivity index (χ1) is 14.9. The minimum Gasteiger partial charge on any atom is -0.503 e. The second-order valence-corrected chi connectivity index (χ2v) is 8.01. The third kappa shape index (κ3) is 3.13. The maximum atomic E-state index is 13.9. The molecule has 31 heavy (non-hydrogen) atoms. The van der Waals surface area contributed by atoms with Crippen molar-refractivity contribution in [1.82, 2.24) is 19.3 Å². The number of aromatic hydroxyl groups is 1. The number of nitrogens with zero attached hydrogens (tertiary/aromatic N) is 4. The molecule has 1 N–H and O–H groups in total. The zero-order chi connectivity index (χ0) is 21.7. The molecule has 0 unspecified atom stereocenters. The van der Waals surface area contributed by atoms with E-state index in [1.54, 1.807) is 16.9 Å². The summed E-state index contributed by atoms with van der Waals surface area (Å²) < 4.78 is 17.5. The molecule has 2 aromatic heterocycles. The van der Waals surface area contributed by atoms with Gasteiger partial charge in [0.1, 0.15) is 11.5 Å². The molecule has 2 atom stereocenters. The number of hydrogen-bond donors (Lipinski definition) is 1. The number of aryl methyl sites for hydroxylation is 2. The summed E-state index contributed by atoms with van der Waals surface area (Å²) in [5.41, 5.74) is 3.72. The van der Waals surface area contributed by atoms with Crippen molar-refractivity contribution in [2.45, 2.75) is 32.4 Å². The molecule has 2 aromatic carbocycles. The summed E-state index contributed by atoms with van der Waals surface area (Å²) >= 11 is 0. The van der Waals surface area contributed by atoms with E-state index in [4.69, 9.17) is 0 Å². The molecule has 0 spiro atoms. The SMILES string of the molecule is Cc1ccc([C@@H](c2ccc(F)cc2C)[C@H]2Cn3ccnc3-c3c(O)c(=O)cnn32)cc1. The van der Waals surface area contributed by atoms with E-state index in [9.17, 15) is 14.3 Å². The van der Waals surface area contributed by atoms with Crippen molar-refractivity contribution in [3.8, 4) is 17.3 Å². The van der Waals surface area contributed by atoms with Crippen LogP contribution in [-0.2, 0) is 6.54 Å². The van der Waals surface area contributed by atoms with E-state index in [1.165, 1.54) is 12.1 Å². The molecular formula is C24H21FN4O2. The highest BCUT2D eigenvalue weighted by atomic mass is 19.1. The second kappa shape index (κ2) is 7.19. The van der Waals surface area contributed by atoms with E-state index >= 15 is 0 Å². The molecule has 0 amide bonds. The Labute approximate surface area is 178 Å². The Hall–Kier alpha value is -3.74. The van der Waals surface area contributed by atoms with E-state index in [-0.39, 0.29) is 23.5 Å². The van der Waals surface area contributed by atoms with Gasteiger partial charge in [0, 0.05) is 24.9 Å². The van der Waals surface area contributed by atoms with Crippen LogP contribution in [0.15, 0.2) is 65.8 Å². The minimum atomic E-state index is -0.550. The van der Waals surface area contributed by atoms with Gasteiger partial charge in [0.15, 0.2) is 11.6 Å². The van der Waals surface area contributed by atoms with Gasteiger partial charge >= 0.3 is 0 Å². The molecule has 0 aliphatic carbocycles. The third-order valence-corrected chi connectivity index (χ3v) is 6.00. The van der Waals surface area contributed by atoms with Gasteiger partial charge in [0.2, 0.25) is 5.43 Å². The molecule has 0 radical (unpaired) electrons. The highest BCUT2D eigenvalue weighted by Gasteiger charge is 2.36. The Balaban J connectivity index is 1.77. The number of fused-ring (bicyclic) bond motifs is 3. The van der Waals surface area contributed by atoms with Crippen molar-refractivity contribution >= 4 is 0 Å². The quantitative estimate of drug-likeness (QED) is 0.549. The van der Waals surface area contributed by atoms with Crippen LogP contribution < -0.4 is 5.43 Å². The van der Waals surface area contributed by atoms with Crippen LogP contribution in [0.4, 0.5) is 4.39 Å². The molecule has 1 aliphatic heterocycles. The highest BCUT2D eigenvalue weighted by Crippen LogP contribution is 2.43. The van der Waals surface area contributed by atoms with Crippen LogP contribution in [0.2, 0.25) is 0 Å². The maximum absolute atomic E-state index is 13.9. The topological polar surface area (TPSA) is 72.9 Å². The first-order valence-electron chi connectivity index (χ1n) is 10.1. The van der Waals surface area contributed by atoms with Crippen molar-refractivity contribution < 1.29 is 9.50 Å². The average Bonchev–Trinajstić information content (AvgIpc) is 3.22. The molecule has 156 valence electrons. The lowest BCUT2D eigenvalue weighted by atomic mass is 9.82. The first-order valence-corrected chi connectivity index (χ1v) is 10.1. The summed E-state index contributed by atoms with van der Waals surface area (Å²) in [4.78, 5) is 16.5. The lowest BCUT2D eigenvalue weighted by molar-refractivity contribution is 0.331. The smallest absolute Gasteiger partial charge is 0.242 e. The van der Waals surface area contributed by atoms with Gasteiger partial charge in [-0.1, -0.05) is 35.9 Å². The van der Waals surface area contributed by atoms with Gasteiger partial charge in [0.05, 0.1) is 12.2 Å². The van der Waals surface area contributed by atoms with Crippen LogP contribution >= 0.6 is 0 Å². The number of imidazole rings is 1. The van der Waals surface area contributed by atoms with Crippen LogP contribution in [0.3, 0.4) is 0 Å². The fraction of sp³-hybridized carbons (Fsp3) is 0.208. The van der Waals surface area contributed by atoms with Gasteiger partial charge in [0.25, 0.3) is 0 Å². The molecule has 0 bridgehead atoms. The van der Waals surface area contributed by atoms with Crippen LogP contribution in [0.5, 0.6) is 5.75 Å². The van der Waals surface area contributed by atoms with Crippen LogP contribution in [-0.4, -0.2) is 24.4 Å².